The number of alkyl halides is 1. The van der Waals surface area contributed by atoms with Crippen molar-refractivity contribution in [2.75, 3.05) is 0 Å². The number of carbonyl (C=O) groups excluding carboxylic acids is 1. The Balaban J connectivity index is 2.64. The number of ketones is 1. The van der Waals surface area contributed by atoms with Gasteiger partial charge in [-0.05, 0) is 57.9 Å². The number of aryl methyl sites for hydroxylation is 3. The van der Waals surface area contributed by atoms with Gasteiger partial charge in [-0.15, -0.1) is 11.6 Å². The van der Waals surface area contributed by atoms with Crippen LogP contribution < -0.4 is 0 Å². The molecule has 1 aromatic carbocycles. The molecule has 0 radical (unpaired) electrons. The Hall–Kier alpha value is -1.54. The summed E-state index contributed by atoms with van der Waals surface area (Å²) in [7, 11) is 0. The Morgan fingerprint density at radius 1 is 1.15 bits per heavy atom. The third-order valence-corrected chi connectivity index (χ3v) is 3.86. The highest BCUT2D eigenvalue weighted by Crippen LogP contribution is 2.25. The molecule has 0 aliphatic heterocycles. The maximum atomic E-state index is 12.2. The molecule has 3 heteroatoms. The summed E-state index contributed by atoms with van der Waals surface area (Å²) >= 11 is 5.94. The molecule has 0 aliphatic rings. The minimum Gasteiger partial charge on any atom is -0.317 e. The number of benzene rings is 1. The van der Waals surface area contributed by atoms with Crippen LogP contribution in [0, 0.1) is 27.7 Å². The van der Waals surface area contributed by atoms with Crippen molar-refractivity contribution in [3.63, 3.8) is 0 Å². The molecule has 2 aromatic rings. The molecule has 0 bridgehead atoms. The van der Waals surface area contributed by atoms with E-state index in [1.165, 1.54) is 11.1 Å². The van der Waals surface area contributed by atoms with E-state index in [4.69, 9.17) is 11.6 Å². The molecule has 1 atom stereocenters. The van der Waals surface area contributed by atoms with Crippen molar-refractivity contribution < 1.29 is 4.79 Å². The van der Waals surface area contributed by atoms with Crippen LogP contribution in [-0.2, 0) is 0 Å². The molecule has 106 valence electrons. The topological polar surface area (TPSA) is 22.0 Å². The molecular formula is C17H20ClNO. The van der Waals surface area contributed by atoms with Gasteiger partial charge in [-0.3, -0.25) is 4.79 Å². The number of rotatable bonds is 3. The van der Waals surface area contributed by atoms with Crippen molar-refractivity contribution in [2.24, 2.45) is 0 Å². The van der Waals surface area contributed by atoms with Gasteiger partial charge in [-0.25, -0.2) is 0 Å². The molecule has 2 nitrogen and oxygen atoms in total. The second kappa shape index (κ2) is 5.45. The van der Waals surface area contributed by atoms with E-state index in [0.29, 0.717) is 5.56 Å². The summed E-state index contributed by atoms with van der Waals surface area (Å²) in [5, 5.41) is -0.498. The second-order valence-electron chi connectivity index (χ2n) is 5.39. The van der Waals surface area contributed by atoms with Gasteiger partial charge in [-0.1, -0.05) is 12.1 Å². The molecule has 0 amide bonds. The van der Waals surface area contributed by atoms with Crippen LogP contribution in [0.4, 0.5) is 0 Å². The lowest BCUT2D eigenvalue weighted by molar-refractivity contribution is 0.0991. The Bertz CT molecular complexity index is 668. The van der Waals surface area contributed by atoms with Crippen molar-refractivity contribution in [1.29, 1.82) is 0 Å². The summed E-state index contributed by atoms with van der Waals surface area (Å²) in [6.07, 6.45) is 0. The van der Waals surface area contributed by atoms with Crippen LogP contribution >= 0.6 is 11.6 Å². The lowest BCUT2D eigenvalue weighted by Crippen LogP contribution is -2.12. The van der Waals surface area contributed by atoms with Gasteiger partial charge >= 0.3 is 0 Å². The Morgan fingerprint density at radius 3 is 2.40 bits per heavy atom. The highest BCUT2D eigenvalue weighted by atomic mass is 35.5. The average molecular weight is 290 g/mol. The van der Waals surface area contributed by atoms with E-state index in [0.717, 1.165) is 17.1 Å². The first-order valence-electron chi connectivity index (χ1n) is 6.77. The predicted molar refractivity (Wildman–Crippen MR) is 84.4 cm³/mol. The number of hydrogen-bond donors (Lipinski definition) is 0. The molecular weight excluding hydrogens is 270 g/mol. The Kier molecular flexibility index (Phi) is 4.05. The van der Waals surface area contributed by atoms with Gasteiger partial charge in [0.15, 0.2) is 5.78 Å². The average Bonchev–Trinajstić information content (AvgIpc) is 2.67. The Labute approximate surface area is 125 Å². The van der Waals surface area contributed by atoms with Gasteiger partial charge < -0.3 is 4.57 Å². The Morgan fingerprint density at radius 2 is 1.80 bits per heavy atom. The van der Waals surface area contributed by atoms with Crippen LogP contribution in [0.25, 0.3) is 5.69 Å². The molecule has 0 spiro atoms. The van der Waals surface area contributed by atoms with E-state index >= 15 is 0 Å². The quantitative estimate of drug-likeness (QED) is 0.601. The second-order valence-corrected chi connectivity index (χ2v) is 6.05. The predicted octanol–water partition coefficient (Wildman–Crippen LogP) is 4.52. The number of Topliss-reactive ketones (excluding diaryl/α,β-unsaturated/α-hetero) is 1. The van der Waals surface area contributed by atoms with Gasteiger partial charge in [0.05, 0.1) is 5.38 Å². The van der Waals surface area contributed by atoms with Crippen molar-refractivity contribution in [1.82, 2.24) is 4.57 Å². The molecule has 20 heavy (non-hydrogen) atoms. The standard InChI is InChI=1S/C17H20ClNO/c1-10-6-7-11(2)16(8-10)19-12(3)9-15(14(19)5)17(20)13(4)18/h6-9,13H,1-5H3. The number of halogens is 1. The number of nitrogens with zero attached hydrogens (tertiary/aromatic N) is 1. The monoisotopic (exact) mass is 289 g/mol. The van der Waals surface area contributed by atoms with Gasteiger partial charge in [-0.2, -0.15) is 0 Å². The van der Waals surface area contributed by atoms with Crippen LogP contribution in [0.15, 0.2) is 24.3 Å². The van der Waals surface area contributed by atoms with E-state index < -0.39 is 5.38 Å². The number of carbonyl (C=O) groups is 1. The highest BCUT2D eigenvalue weighted by Gasteiger charge is 2.20. The van der Waals surface area contributed by atoms with E-state index in [1.807, 2.05) is 19.9 Å². The van der Waals surface area contributed by atoms with Gasteiger partial charge in [0.25, 0.3) is 0 Å². The normalized spacial score (nSPS) is 12.5. The molecule has 0 saturated carbocycles. The van der Waals surface area contributed by atoms with Crippen LogP contribution in [-0.4, -0.2) is 15.7 Å². The van der Waals surface area contributed by atoms with E-state index in [2.05, 4.69) is 36.6 Å². The van der Waals surface area contributed by atoms with E-state index in [1.54, 1.807) is 6.92 Å². The fraction of sp³-hybridized carbons (Fsp3) is 0.353. The molecule has 0 saturated heterocycles. The molecule has 0 N–H and O–H groups in total. The molecule has 2 rings (SSSR count). The minimum atomic E-state index is -0.498. The highest BCUT2D eigenvalue weighted by molar-refractivity contribution is 6.33. The van der Waals surface area contributed by atoms with Gasteiger partial charge in [0.2, 0.25) is 0 Å². The number of aromatic nitrogens is 1. The maximum Gasteiger partial charge on any atom is 0.182 e. The summed E-state index contributed by atoms with van der Waals surface area (Å²) in [6, 6.07) is 8.28. The van der Waals surface area contributed by atoms with Crippen molar-refractivity contribution in [3.05, 3.63) is 52.3 Å². The summed E-state index contributed by atoms with van der Waals surface area (Å²) in [6.45, 7) is 9.86. The van der Waals surface area contributed by atoms with Gasteiger partial charge in [0, 0.05) is 22.6 Å². The van der Waals surface area contributed by atoms with Crippen LogP contribution in [0.1, 0.15) is 39.8 Å². The maximum absolute atomic E-state index is 12.2. The molecule has 1 heterocycles. The van der Waals surface area contributed by atoms with E-state index in [-0.39, 0.29) is 5.78 Å². The zero-order chi connectivity index (χ0) is 15.0. The fourth-order valence-electron chi connectivity index (χ4n) is 2.56. The van der Waals surface area contributed by atoms with Crippen molar-refractivity contribution in [2.45, 2.75) is 40.0 Å². The summed E-state index contributed by atoms with van der Waals surface area (Å²) < 4.78 is 2.13. The van der Waals surface area contributed by atoms with E-state index in [9.17, 15) is 4.79 Å². The summed E-state index contributed by atoms with van der Waals surface area (Å²) in [4.78, 5) is 12.2. The lowest BCUT2D eigenvalue weighted by atomic mass is 10.1. The van der Waals surface area contributed by atoms with Crippen LogP contribution in [0.3, 0.4) is 0 Å². The molecule has 0 aliphatic carbocycles. The third-order valence-electron chi connectivity index (χ3n) is 3.66. The largest absolute Gasteiger partial charge is 0.317 e. The first-order valence-corrected chi connectivity index (χ1v) is 7.21. The summed E-state index contributed by atoms with van der Waals surface area (Å²) in [5.41, 5.74) is 6.24. The first kappa shape index (κ1) is 14.9. The van der Waals surface area contributed by atoms with Crippen molar-refractivity contribution >= 4 is 17.4 Å². The van der Waals surface area contributed by atoms with Crippen LogP contribution in [0.2, 0.25) is 0 Å². The zero-order valence-electron chi connectivity index (χ0n) is 12.6. The lowest BCUT2D eigenvalue weighted by Gasteiger charge is -2.14. The third kappa shape index (κ3) is 2.53. The number of hydrogen-bond acceptors (Lipinski definition) is 1. The summed E-state index contributed by atoms with van der Waals surface area (Å²) in [5.74, 6) is -0.0173. The van der Waals surface area contributed by atoms with Crippen molar-refractivity contribution in [3.8, 4) is 5.69 Å². The fourth-order valence-corrected chi connectivity index (χ4v) is 2.68. The molecule has 1 aromatic heterocycles. The van der Waals surface area contributed by atoms with Gasteiger partial charge in [0.1, 0.15) is 0 Å². The minimum absolute atomic E-state index is 0.0173. The first-order chi connectivity index (χ1) is 9.32. The molecule has 1 unspecified atom stereocenters. The van der Waals surface area contributed by atoms with Crippen LogP contribution in [0.5, 0.6) is 0 Å². The SMILES string of the molecule is Cc1ccc(C)c(-n2c(C)cc(C(=O)C(C)Cl)c2C)c1. The molecule has 0 fully saturated rings. The smallest absolute Gasteiger partial charge is 0.182 e. The zero-order valence-corrected chi connectivity index (χ0v) is 13.4.